The molecule has 0 radical (unpaired) electrons. The average molecular weight is 695 g/mol. The predicted octanol–water partition coefficient (Wildman–Crippen LogP) is 6.37. The highest BCUT2D eigenvalue weighted by Gasteiger charge is 2.34. The van der Waals surface area contributed by atoms with E-state index >= 15 is 0 Å². The molecule has 4 aromatic rings. The number of carboxylic acids is 1. The Balaban J connectivity index is 1.52. The van der Waals surface area contributed by atoms with Gasteiger partial charge in [0, 0.05) is 30.6 Å². The number of carbonyl (C=O) groups is 4. The molecule has 2 unspecified atom stereocenters. The van der Waals surface area contributed by atoms with E-state index < -0.39 is 53.5 Å². The molecule has 0 saturated carbocycles. The number of nitrogens with zero attached hydrogens (tertiary/aromatic N) is 1. The molecular formula is C39H38N2O10. The Labute approximate surface area is 294 Å². The zero-order valence-electron chi connectivity index (χ0n) is 28.1. The molecule has 51 heavy (non-hydrogen) atoms. The van der Waals surface area contributed by atoms with Crippen molar-refractivity contribution in [3.8, 4) is 11.5 Å². The zero-order chi connectivity index (χ0) is 36.3. The molecule has 0 bridgehead atoms. The number of hydrogen-bond donors (Lipinski definition) is 3. The molecular weight excluding hydrogens is 656 g/mol. The number of carboxylic acid groups (broad SMARTS) is 1. The summed E-state index contributed by atoms with van der Waals surface area (Å²) in [5, 5.41) is 23.5. The number of aliphatic carboxylic acids is 1. The summed E-state index contributed by atoms with van der Waals surface area (Å²) < 4.78 is 22.1. The number of ether oxygens (including phenoxy) is 3. The largest absolute Gasteiger partial charge is 0.503 e. The summed E-state index contributed by atoms with van der Waals surface area (Å²) in [6, 6.07) is 26.2. The Morgan fingerprint density at radius 2 is 1.63 bits per heavy atom. The van der Waals surface area contributed by atoms with Gasteiger partial charge in [0.25, 0.3) is 11.8 Å². The molecule has 1 aliphatic heterocycles. The second-order valence-corrected chi connectivity index (χ2v) is 11.6. The molecule has 0 fully saturated rings. The first-order valence-electron chi connectivity index (χ1n) is 16.3. The maximum absolute atomic E-state index is 14.2. The van der Waals surface area contributed by atoms with Crippen molar-refractivity contribution in [1.82, 2.24) is 4.90 Å². The summed E-state index contributed by atoms with van der Waals surface area (Å²) in [6.45, 7) is 3.21. The monoisotopic (exact) mass is 694 g/mol. The van der Waals surface area contributed by atoms with E-state index in [1.807, 2.05) is 42.5 Å². The summed E-state index contributed by atoms with van der Waals surface area (Å²) in [5.74, 6) is -3.95. The van der Waals surface area contributed by atoms with Crippen molar-refractivity contribution in [2.24, 2.45) is 0 Å². The van der Waals surface area contributed by atoms with Crippen molar-refractivity contribution in [3.63, 3.8) is 0 Å². The second kappa shape index (κ2) is 16.9. The van der Waals surface area contributed by atoms with Gasteiger partial charge in [0.2, 0.25) is 6.79 Å². The van der Waals surface area contributed by atoms with Crippen molar-refractivity contribution in [2.45, 2.75) is 38.6 Å². The van der Waals surface area contributed by atoms with Gasteiger partial charge < -0.3 is 39.1 Å². The van der Waals surface area contributed by atoms with Crippen LogP contribution in [0.3, 0.4) is 0 Å². The normalized spacial score (nSPS) is 13.6. The summed E-state index contributed by atoms with van der Waals surface area (Å²) in [6.07, 6.45) is 2.80. The Hall–Kier alpha value is -6.30. The summed E-state index contributed by atoms with van der Waals surface area (Å²) in [7, 11) is 0. The first-order chi connectivity index (χ1) is 24.6. The second-order valence-electron chi connectivity index (χ2n) is 11.6. The number of hydrogen-bond acceptors (Lipinski definition) is 9. The fourth-order valence-electron chi connectivity index (χ4n) is 5.66. The Bertz CT molecular complexity index is 1920. The molecule has 2 heterocycles. The van der Waals surface area contributed by atoms with Gasteiger partial charge in [-0.05, 0) is 61.4 Å². The maximum Gasteiger partial charge on any atom is 0.338 e. The van der Waals surface area contributed by atoms with Crippen LogP contribution in [0.2, 0.25) is 0 Å². The Morgan fingerprint density at radius 3 is 2.33 bits per heavy atom. The number of rotatable bonds is 15. The van der Waals surface area contributed by atoms with Gasteiger partial charge in [-0.1, -0.05) is 66.7 Å². The lowest BCUT2D eigenvalue weighted by molar-refractivity contribution is -0.143. The molecule has 12 nitrogen and oxygen atoms in total. The smallest absolute Gasteiger partial charge is 0.338 e. The van der Waals surface area contributed by atoms with Gasteiger partial charge in [0.1, 0.15) is 5.76 Å². The van der Waals surface area contributed by atoms with Crippen molar-refractivity contribution in [1.29, 1.82) is 0 Å². The van der Waals surface area contributed by atoms with Crippen molar-refractivity contribution in [3.05, 3.63) is 131 Å². The third-order valence-corrected chi connectivity index (χ3v) is 8.25. The SMILES string of the molecule is CCOC(=O)C(CC(=O)O)=C(O)C(=O)N(CC=Cc1ccccc1)C(C)C(Cc1ccc(C(=O)Nc2ccccc2)o1)c1ccc2c(c1)OCO2. The van der Waals surface area contributed by atoms with Gasteiger partial charge in [-0.25, -0.2) is 4.79 Å². The van der Waals surface area contributed by atoms with Crippen LogP contribution in [-0.2, 0) is 25.5 Å². The first-order valence-corrected chi connectivity index (χ1v) is 16.3. The fourth-order valence-corrected chi connectivity index (χ4v) is 5.66. The van der Waals surface area contributed by atoms with E-state index in [4.69, 9.17) is 18.6 Å². The lowest BCUT2D eigenvalue weighted by Crippen LogP contribution is -2.44. The fraction of sp³-hybridized carbons (Fsp3) is 0.231. The van der Waals surface area contributed by atoms with Crippen LogP contribution in [0, 0.1) is 0 Å². The van der Waals surface area contributed by atoms with Gasteiger partial charge in [0.15, 0.2) is 23.0 Å². The number of aliphatic hydroxyl groups is 1. The minimum atomic E-state index is -1.43. The summed E-state index contributed by atoms with van der Waals surface area (Å²) in [4.78, 5) is 52.9. The maximum atomic E-state index is 14.2. The molecule has 5 rings (SSSR count). The molecule has 0 spiro atoms. The molecule has 2 atom stereocenters. The highest BCUT2D eigenvalue weighted by atomic mass is 16.7. The van der Waals surface area contributed by atoms with Crippen LogP contribution < -0.4 is 14.8 Å². The van der Waals surface area contributed by atoms with Crippen molar-refractivity contribution in [2.75, 3.05) is 25.3 Å². The van der Waals surface area contributed by atoms with E-state index in [2.05, 4.69) is 5.32 Å². The highest BCUT2D eigenvalue weighted by molar-refractivity contribution is 6.03. The highest BCUT2D eigenvalue weighted by Crippen LogP contribution is 2.38. The van der Waals surface area contributed by atoms with Crippen LogP contribution in [0.15, 0.2) is 113 Å². The standard InChI is InChI=1S/C39H38N2O10/c1-3-48-39(47)31(23-35(42)43)36(44)38(46)41(20-10-13-26-11-6-4-7-12-26)25(2)30(27-16-18-32-34(21-27)50-24-49-32)22-29-17-19-33(51-29)37(45)40-28-14-8-5-9-15-28/h4-19,21,25,30,44H,3,20,22-24H2,1-2H3,(H,40,45)(H,42,43). The zero-order valence-corrected chi connectivity index (χ0v) is 28.1. The van der Waals surface area contributed by atoms with E-state index in [1.165, 1.54) is 11.8 Å². The number of benzene rings is 3. The van der Waals surface area contributed by atoms with Crippen molar-refractivity contribution < 1.29 is 48.0 Å². The van der Waals surface area contributed by atoms with Crippen LogP contribution in [0.5, 0.6) is 11.5 Å². The molecule has 3 aromatic carbocycles. The van der Waals surface area contributed by atoms with Gasteiger partial charge in [0.05, 0.1) is 18.6 Å². The number of amides is 2. The number of anilines is 1. The number of nitrogens with one attached hydrogen (secondary N) is 1. The van der Waals surface area contributed by atoms with E-state index in [9.17, 15) is 29.4 Å². The molecule has 12 heteroatoms. The molecule has 2 amide bonds. The molecule has 0 aliphatic carbocycles. The number of fused-ring (bicyclic) bond motifs is 1. The minimum Gasteiger partial charge on any atom is -0.503 e. The molecule has 1 aromatic heterocycles. The molecule has 1 aliphatic rings. The number of carbonyl (C=O) groups excluding carboxylic acids is 3. The van der Waals surface area contributed by atoms with Crippen LogP contribution >= 0.6 is 0 Å². The molecule has 264 valence electrons. The van der Waals surface area contributed by atoms with E-state index in [0.29, 0.717) is 22.9 Å². The third-order valence-electron chi connectivity index (χ3n) is 8.25. The number of para-hydroxylation sites is 1. The quantitative estimate of drug-likeness (QED) is 0.0724. The summed E-state index contributed by atoms with van der Waals surface area (Å²) in [5.41, 5.74) is 1.52. The van der Waals surface area contributed by atoms with Gasteiger partial charge in [-0.15, -0.1) is 0 Å². The van der Waals surface area contributed by atoms with Crippen LogP contribution in [0.1, 0.15) is 53.6 Å². The number of furan rings is 1. The van der Waals surface area contributed by atoms with Crippen molar-refractivity contribution >= 4 is 35.5 Å². The van der Waals surface area contributed by atoms with E-state index in [0.717, 1.165) is 11.1 Å². The van der Waals surface area contributed by atoms with Crippen LogP contribution in [0.25, 0.3) is 6.08 Å². The van der Waals surface area contributed by atoms with Gasteiger partial charge >= 0.3 is 11.9 Å². The molecule has 0 saturated heterocycles. The predicted molar refractivity (Wildman–Crippen MR) is 187 cm³/mol. The van der Waals surface area contributed by atoms with Crippen LogP contribution in [0.4, 0.5) is 5.69 Å². The van der Waals surface area contributed by atoms with Gasteiger partial charge in [-0.2, -0.15) is 0 Å². The van der Waals surface area contributed by atoms with Crippen LogP contribution in [-0.4, -0.2) is 64.9 Å². The van der Waals surface area contributed by atoms with E-state index in [1.54, 1.807) is 67.6 Å². The van der Waals surface area contributed by atoms with E-state index in [-0.39, 0.29) is 32.1 Å². The first kappa shape index (κ1) is 36.0. The average Bonchev–Trinajstić information content (AvgIpc) is 3.81. The minimum absolute atomic E-state index is 0.0356. The molecule has 3 N–H and O–H groups in total. The number of esters is 1. The Kier molecular flexibility index (Phi) is 11.9. The third kappa shape index (κ3) is 9.24. The Morgan fingerprint density at radius 1 is 0.922 bits per heavy atom. The van der Waals surface area contributed by atoms with Gasteiger partial charge in [-0.3, -0.25) is 14.4 Å². The lowest BCUT2D eigenvalue weighted by atomic mass is 9.87. The lowest BCUT2D eigenvalue weighted by Gasteiger charge is -2.34. The summed E-state index contributed by atoms with van der Waals surface area (Å²) >= 11 is 0. The topological polar surface area (TPSA) is 165 Å². The number of aliphatic hydroxyl groups excluding tert-OH is 1.